The number of amides is 1. The number of nitrogens with zero attached hydrogens (tertiary/aromatic N) is 3. The average Bonchev–Trinajstić information content (AvgIpc) is 3.25. The van der Waals surface area contributed by atoms with Crippen LogP contribution >= 0.6 is 23.1 Å². The van der Waals surface area contributed by atoms with Crippen molar-refractivity contribution < 1.29 is 13.2 Å². The van der Waals surface area contributed by atoms with Crippen molar-refractivity contribution in [3.8, 4) is 0 Å². The Labute approximate surface area is 153 Å². The summed E-state index contributed by atoms with van der Waals surface area (Å²) in [5.74, 6) is -0.0449. The zero-order chi connectivity index (χ0) is 17.9. The van der Waals surface area contributed by atoms with Gasteiger partial charge in [-0.05, 0) is 37.1 Å². The van der Waals surface area contributed by atoms with E-state index in [0.29, 0.717) is 28.2 Å². The maximum absolute atomic E-state index is 12.4. The number of hydrogen-bond donors (Lipinski definition) is 2. The van der Waals surface area contributed by atoms with Gasteiger partial charge in [0.2, 0.25) is 21.1 Å². The second-order valence-corrected chi connectivity index (χ2v) is 9.55. The van der Waals surface area contributed by atoms with Gasteiger partial charge in [0, 0.05) is 18.8 Å². The number of nitrogens with one attached hydrogen (secondary N) is 1. The molecule has 0 saturated carbocycles. The average molecular weight is 400 g/mol. The summed E-state index contributed by atoms with van der Waals surface area (Å²) in [6.07, 6.45) is 1.79. The van der Waals surface area contributed by atoms with Crippen molar-refractivity contribution in [3.05, 3.63) is 24.3 Å². The molecule has 1 aliphatic heterocycles. The van der Waals surface area contributed by atoms with Gasteiger partial charge in [-0.1, -0.05) is 23.1 Å². The van der Waals surface area contributed by atoms with Gasteiger partial charge in [0.05, 0.1) is 10.6 Å². The van der Waals surface area contributed by atoms with Crippen LogP contribution in [0.2, 0.25) is 0 Å². The summed E-state index contributed by atoms with van der Waals surface area (Å²) >= 11 is 2.46. The molecule has 0 atom stereocenters. The number of thioether (sulfide) groups is 1. The van der Waals surface area contributed by atoms with Gasteiger partial charge >= 0.3 is 0 Å². The van der Waals surface area contributed by atoms with E-state index in [4.69, 9.17) is 5.73 Å². The lowest BCUT2D eigenvalue weighted by molar-refractivity contribution is -0.113. The molecule has 0 spiro atoms. The van der Waals surface area contributed by atoms with Crippen LogP contribution < -0.4 is 11.1 Å². The van der Waals surface area contributed by atoms with E-state index in [1.54, 1.807) is 12.1 Å². The molecule has 3 rings (SSSR count). The fourth-order valence-electron chi connectivity index (χ4n) is 2.39. The lowest BCUT2D eigenvalue weighted by atomic mass is 10.3. The fraction of sp³-hybridized carbons (Fsp3) is 0.357. The molecule has 2 heterocycles. The van der Waals surface area contributed by atoms with Crippen LogP contribution in [0.4, 0.5) is 10.8 Å². The lowest BCUT2D eigenvalue weighted by Gasteiger charge is -2.15. The summed E-state index contributed by atoms with van der Waals surface area (Å²) in [7, 11) is -3.44. The molecular weight excluding hydrogens is 382 g/mol. The molecule has 1 saturated heterocycles. The van der Waals surface area contributed by atoms with E-state index in [-0.39, 0.29) is 16.6 Å². The van der Waals surface area contributed by atoms with Crippen molar-refractivity contribution in [2.45, 2.75) is 22.1 Å². The molecule has 2 aromatic rings. The lowest BCUT2D eigenvalue weighted by Crippen LogP contribution is -2.27. The number of nitrogen functional groups attached to an aromatic ring is 1. The van der Waals surface area contributed by atoms with Gasteiger partial charge in [-0.15, -0.1) is 10.2 Å². The standard InChI is InChI=1S/C14H17N5O3S3/c15-13-17-18-14(24-13)23-9-12(20)16-10-3-5-11(6-4-10)25(21,22)19-7-1-2-8-19/h3-6H,1-2,7-9H2,(H2,15,17)(H,16,20). The van der Waals surface area contributed by atoms with Crippen molar-refractivity contribution >= 4 is 49.8 Å². The molecule has 1 aromatic heterocycles. The summed E-state index contributed by atoms with van der Waals surface area (Å²) in [4.78, 5) is 12.2. The molecule has 0 bridgehead atoms. The third-order valence-electron chi connectivity index (χ3n) is 3.59. The number of carbonyl (C=O) groups excluding carboxylic acids is 1. The van der Waals surface area contributed by atoms with E-state index in [0.717, 1.165) is 12.8 Å². The Balaban J connectivity index is 1.57. The minimum atomic E-state index is -3.44. The predicted octanol–water partition coefficient (Wildman–Crippen LogP) is 1.64. The molecule has 25 heavy (non-hydrogen) atoms. The minimum Gasteiger partial charge on any atom is -0.374 e. The molecule has 1 amide bonds. The van der Waals surface area contributed by atoms with Gasteiger partial charge < -0.3 is 11.1 Å². The van der Waals surface area contributed by atoms with Gasteiger partial charge in [0.25, 0.3) is 0 Å². The van der Waals surface area contributed by atoms with Crippen molar-refractivity contribution in [2.75, 3.05) is 29.9 Å². The van der Waals surface area contributed by atoms with E-state index >= 15 is 0 Å². The maximum atomic E-state index is 12.4. The molecule has 0 unspecified atom stereocenters. The molecule has 8 nitrogen and oxygen atoms in total. The normalized spacial score (nSPS) is 15.4. The van der Waals surface area contributed by atoms with Gasteiger partial charge in [-0.25, -0.2) is 8.42 Å². The Bertz CT molecular complexity index is 845. The second-order valence-electron chi connectivity index (χ2n) is 5.38. The topological polar surface area (TPSA) is 118 Å². The first-order valence-corrected chi connectivity index (χ1v) is 10.8. The first-order valence-electron chi connectivity index (χ1n) is 7.57. The van der Waals surface area contributed by atoms with Gasteiger partial charge in [-0.2, -0.15) is 4.31 Å². The highest BCUT2D eigenvalue weighted by Crippen LogP contribution is 2.24. The van der Waals surface area contributed by atoms with Crippen LogP contribution in [0.5, 0.6) is 0 Å². The van der Waals surface area contributed by atoms with Crippen LogP contribution in [0.1, 0.15) is 12.8 Å². The predicted molar refractivity (Wildman–Crippen MR) is 98.1 cm³/mol. The maximum Gasteiger partial charge on any atom is 0.243 e. The Morgan fingerprint density at radius 2 is 1.92 bits per heavy atom. The Kier molecular flexibility index (Phi) is 5.57. The number of benzene rings is 1. The van der Waals surface area contributed by atoms with E-state index in [1.165, 1.54) is 39.5 Å². The van der Waals surface area contributed by atoms with Crippen molar-refractivity contribution in [2.24, 2.45) is 0 Å². The molecule has 11 heteroatoms. The molecule has 0 aliphatic carbocycles. The van der Waals surface area contributed by atoms with Crippen LogP contribution in [0, 0.1) is 0 Å². The first-order chi connectivity index (χ1) is 11.9. The molecular formula is C14H17N5O3S3. The third kappa shape index (κ3) is 4.48. The molecule has 0 radical (unpaired) electrons. The zero-order valence-corrected chi connectivity index (χ0v) is 15.7. The largest absolute Gasteiger partial charge is 0.374 e. The van der Waals surface area contributed by atoms with E-state index in [9.17, 15) is 13.2 Å². The summed E-state index contributed by atoms with van der Waals surface area (Å²) in [5.41, 5.74) is 6.03. The van der Waals surface area contributed by atoms with E-state index < -0.39 is 10.0 Å². The summed E-state index contributed by atoms with van der Waals surface area (Å²) in [6, 6.07) is 6.21. The van der Waals surface area contributed by atoms with Gasteiger partial charge in [-0.3, -0.25) is 4.79 Å². The molecule has 1 aliphatic rings. The van der Waals surface area contributed by atoms with Crippen LogP contribution in [-0.4, -0.2) is 47.7 Å². The number of carbonyl (C=O) groups is 1. The smallest absolute Gasteiger partial charge is 0.243 e. The third-order valence-corrected chi connectivity index (χ3v) is 7.39. The van der Waals surface area contributed by atoms with E-state index in [1.807, 2.05) is 0 Å². The SMILES string of the molecule is Nc1nnc(SCC(=O)Nc2ccc(S(=O)(=O)N3CCCC3)cc2)s1. The first kappa shape index (κ1) is 18.1. The van der Waals surface area contributed by atoms with Crippen molar-refractivity contribution in [1.82, 2.24) is 14.5 Å². The van der Waals surface area contributed by atoms with Gasteiger partial charge in [0.1, 0.15) is 0 Å². The highest BCUT2D eigenvalue weighted by Gasteiger charge is 2.26. The fourth-order valence-corrected chi connectivity index (χ4v) is 5.34. The number of aromatic nitrogens is 2. The monoisotopic (exact) mass is 399 g/mol. The van der Waals surface area contributed by atoms with E-state index in [2.05, 4.69) is 15.5 Å². The van der Waals surface area contributed by atoms with Crippen LogP contribution in [0.25, 0.3) is 0 Å². The summed E-state index contributed by atoms with van der Waals surface area (Å²) in [6.45, 7) is 1.13. The van der Waals surface area contributed by atoms with Crippen LogP contribution in [-0.2, 0) is 14.8 Å². The molecule has 1 fully saturated rings. The molecule has 1 aromatic carbocycles. The quantitative estimate of drug-likeness (QED) is 0.709. The second kappa shape index (κ2) is 7.68. The number of sulfonamides is 1. The highest BCUT2D eigenvalue weighted by molar-refractivity contribution is 8.01. The van der Waals surface area contributed by atoms with Crippen LogP contribution in [0.15, 0.2) is 33.5 Å². The summed E-state index contributed by atoms with van der Waals surface area (Å²) < 4.78 is 27.0. The summed E-state index contributed by atoms with van der Waals surface area (Å²) in [5, 5.41) is 10.6. The van der Waals surface area contributed by atoms with Gasteiger partial charge in [0.15, 0.2) is 4.34 Å². The van der Waals surface area contributed by atoms with Crippen LogP contribution in [0.3, 0.4) is 0 Å². The minimum absolute atomic E-state index is 0.169. The van der Waals surface area contributed by atoms with Crippen molar-refractivity contribution in [1.29, 1.82) is 0 Å². The Morgan fingerprint density at radius 3 is 2.52 bits per heavy atom. The zero-order valence-electron chi connectivity index (χ0n) is 13.2. The number of hydrogen-bond acceptors (Lipinski definition) is 8. The number of anilines is 2. The highest BCUT2D eigenvalue weighted by atomic mass is 32.2. The molecule has 3 N–H and O–H groups in total. The molecule has 134 valence electrons. The number of nitrogens with two attached hydrogens (primary N) is 1. The number of rotatable bonds is 6. The van der Waals surface area contributed by atoms with Crippen molar-refractivity contribution in [3.63, 3.8) is 0 Å². The Hall–Kier alpha value is -1.69. The Morgan fingerprint density at radius 1 is 1.24 bits per heavy atom.